The minimum absolute atomic E-state index is 0.735. The second-order valence-corrected chi connectivity index (χ2v) is 6.54. The molecule has 2 nitrogen and oxygen atoms in total. The SMILES string of the molecule is Cc1cc(C)c(CN2CCC(NC3CC3)C2)c(C)c1. The van der Waals surface area contributed by atoms with Gasteiger partial charge in [0.25, 0.3) is 0 Å². The number of hydrogen-bond acceptors (Lipinski definition) is 2. The van der Waals surface area contributed by atoms with Gasteiger partial charge in [-0.2, -0.15) is 0 Å². The number of rotatable bonds is 4. The average Bonchev–Trinajstić information content (AvgIpc) is 3.02. The summed E-state index contributed by atoms with van der Waals surface area (Å²) < 4.78 is 0. The predicted molar refractivity (Wildman–Crippen MR) is 80.5 cm³/mol. The van der Waals surface area contributed by atoms with Gasteiger partial charge in [0.2, 0.25) is 0 Å². The summed E-state index contributed by atoms with van der Waals surface area (Å²) in [6.45, 7) is 10.3. The van der Waals surface area contributed by atoms with E-state index in [1.807, 2.05) is 0 Å². The minimum Gasteiger partial charge on any atom is -0.310 e. The van der Waals surface area contributed by atoms with Crippen molar-refractivity contribution in [1.82, 2.24) is 10.2 Å². The van der Waals surface area contributed by atoms with E-state index in [1.165, 1.54) is 54.6 Å². The number of nitrogens with one attached hydrogen (secondary N) is 1. The van der Waals surface area contributed by atoms with E-state index in [-0.39, 0.29) is 0 Å². The highest BCUT2D eigenvalue weighted by molar-refractivity contribution is 5.37. The molecule has 0 radical (unpaired) electrons. The van der Waals surface area contributed by atoms with Gasteiger partial charge in [-0.15, -0.1) is 0 Å². The largest absolute Gasteiger partial charge is 0.310 e. The molecule has 0 amide bonds. The van der Waals surface area contributed by atoms with Crippen LogP contribution in [0.5, 0.6) is 0 Å². The fourth-order valence-corrected chi connectivity index (χ4v) is 3.38. The summed E-state index contributed by atoms with van der Waals surface area (Å²) in [5.74, 6) is 0. The van der Waals surface area contributed by atoms with Gasteiger partial charge in [-0.3, -0.25) is 4.90 Å². The summed E-state index contributed by atoms with van der Waals surface area (Å²) in [4.78, 5) is 2.62. The Labute approximate surface area is 117 Å². The van der Waals surface area contributed by atoms with Gasteiger partial charge in [0.15, 0.2) is 0 Å². The quantitative estimate of drug-likeness (QED) is 0.893. The summed E-state index contributed by atoms with van der Waals surface area (Å²) >= 11 is 0. The molecule has 1 aliphatic heterocycles. The normalized spacial score (nSPS) is 24.1. The van der Waals surface area contributed by atoms with E-state index in [9.17, 15) is 0 Å². The van der Waals surface area contributed by atoms with Crippen LogP contribution in [0.3, 0.4) is 0 Å². The van der Waals surface area contributed by atoms with E-state index < -0.39 is 0 Å². The van der Waals surface area contributed by atoms with Gasteiger partial charge < -0.3 is 5.32 Å². The van der Waals surface area contributed by atoms with Crippen LogP contribution in [0.15, 0.2) is 12.1 Å². The number of hydrogen-bond donors (Lipinski definition) is 1. The summed E-state index contributed by atoms with van der Waals surface area (Å²) in [6, 6.07) is 6.21. The molecule has 2 heteroatoms. The molecule has 0 spiro atoms. The smallest absolute Gasteiger partial charge is 0.0239 e. The number of likely N-dealkylation sites (tertiary alicyclic amines) is 1. The third kappa shape index (κ3) is 3.18. The predicted octanol–water partition coefficient (Wildman–Crippen LogP) is 2.94. The van der Waals surface area contributed by atoms with Crippen molar-refractivity contribution in [2.45, 2.75) is 58.7 Å². The molecule has 1 atom stereocenters. The third-order valence-corrected chi connectivity index (χ3v) is 4.54. The van der Waals surface area contributed by atoms with E-state index in [2.05, 4.69) is 43.1 Å². The standard InChI is InChI=1S/C17H26N2/c1-12-8-13(2)17(14(3)9-12)11-19-7-6-16(10-19)18-15-4-5-15/h8-9,15-16,18H,4-7,10-11H2,1-3H3. The molecule has 1 N–H and O–H groups in total. The van der Waals surface area contributed by atoms with E-state index in [1.54, 1.807) is 0 Å². The van der Waals surface area contributed by atoms with Crippen LogP contribution < -0.4 is 5.32 Å². The Kier molecular flexibility index (Phi) is 3.64. The second kappa shape index (κ2) is 5.26. The molecule has 1 saturated carbocycles. The van der Waals surface area contributed by atoms with Crippen LogP contribution in [0, 0.1) is 20.8 Å². The van der Waals surface area contributed by atoms with Gasteiger partial charge in [-0.05, 0) is 56.7 Å². The maximum atomic E-state index is 3.77. The van der Waals surface area contributed by atoms with Crippen molar-refractivity contribution in [3.8, 4) is 0 Å². The summed E-state index contributed by atoms with van der Waals surface area (Å²) in [5, 5.41) is 3.77. The first-order valence-corrected chi connectivity index (χ1v) is 7.67. The lowest BCUT2D eigenvalue weighted by Crippen LogP contribution is -2.33. The Bertz CT molecular complexity index is 439. The molecular formula is C17H26N2. The minimum atomic E-state index is 0.735. The van der Waals surface area contributed by atoms with Crippen LogP contribution in [0.25, 0.3) is 0 Å². The van der Waals surface area contributed by atoms with Crippen LogP contribution >= 0.6 is 0 Å². The maximum Gasteiger partial charge on any atom is 0.0239 e. The third-order valence-electron chi connectivity index (χ3n) is 4.54. The molecule has 1 aromatic carbocycles. The molecule has 1 aromatic rings. The molecule has 1 unspecified atom stereocenters. The maximum absolute atomic E-state index is 3.77. The zero-order chi connectivity index (χ0) is 13.4. The Balaban J connectivity index is 1.62. The van der Waals surface area contributed by atoms with Crippen molar-refractivity contribution in [2.24, 2.45) is 0 Å². The van der Waals surface area contributed by atoms with E-state index in [0.717, 1.165) is 18.6 Å². The van der Waals surface area contributed by atoms with E-state index >= 15 is 0 Å². The second-order valence-electron chi connectivity index (χ2n) is 6.54. The molecular weight excluding hydrogens is 232 g/mol. The van der Waals surface area contributed by atoms with Crippen LogP contribution in [-0.2, 0) is 6.54 Å². The number of benzene rings is 1. The van der Waals surface area contributed by atoms with Gasteiger partial charge in [0.05, 0.1) is 0 Å². The van der Waals surface area contributed by atoms with E-state index in [4.69, 9.17) is 0 Å². The Morgan fingerprint density at radius 3 is 2.37 bits per heavy atom. The lowest BCUT2D eigenvalue weighted by molar-refractivity contribution is 0.318. The first-order chi connectivity index (χ1) is 9.11. The molecule has 3 rings (SSSR count). The van der Waals surface area contributed by atoms with Crippen molar-refractivity contribution in [3.05, 3.63) is 34.4 Å². The first kappa shape index (κ1) is 13.1. The van der Waals surface area contributed by atoms with Gasteiger partial charge in [-0.25, -0.2) is 0 Å². The zero-order valence-electron chi connectivity index (χ0n) is 12.5. The fourth-order valence-electron chi connectivity index (χ4n) is 3.38. The monoisotopic (exact) mass is 258 g/mol. The molecule has 0 aromatic heterocycles. The van der Waals surface area contributed by atoms with E-state index in [0.29, 0.717) is 0 Å². The molecule has 1 heterocycles. The van der Waals surface area contributed by atoms with Gasteiger partial charge in [0, 0.05) is 31.7 Å². The molecule has 0 bridgehead atoms. The van der Waals surface area contributed by atoms with Crippen molar-refractivity contribution in [3.63, 3.8) is 0 Å². The van der Waals surface area contributed by atoms with Crippen molar-refractivity contribution in [2.75, 3.05) is 13.1 Å². The first-order valence-electron chi connectivity index (χ1n) is 7.67. The van der Waals surface area contributed by atoms with Crippen molar-refractivity contribution >= 4 is 0 Å². The lowest BCUT2D eigenvalue weighted by Gasteiger charge is -2.20. The van der Waals surface area contributed by atoms with Crippen LogP contribution in [0.1, 0.15) is 41.5 Å². The van der Waals surface area contributed by atoms with Crippen LogP contribution in [-0.4, -0.2) is 30.1 Å². The van der Waals surface area contributed by atoms with Crippen LogP contribution in [0.2, 0.25) is 0 Å². The highest BCUT2D eigenvalue weighted by Crippen LogP contribution is 2.24. The molecule has 104 valence electrons. The van der Waals surface area contributed by atoms with Gasteiger partial charge >= 0.3 is 0 Å². The Morgan fingerprint density at radius 2 is 1.74 bits per heavy atom. The molecule has 2 aliphatic rings. The molecule has 1 saturated heterocycles. The van der Waals surface area contributed by atoms with Gasteiger partial charge in [0.1, 0.15) is 0 Å². The average molecular weight is 258 g/mol. The summed E-state index contributed by atoms with van der Waals surface area (Å²) in [6.07, 6.45) is 4.11. The topological polar surface area (TPSA) is 15.3 Å². The van der Waals surface area contributed by atoms with Crippen LogP contribution in [0.4, 0.5) is 0 Å². The highest BCUT2D eigenvalue weighted by atomic mass is 15.2. The highest BCUT2D eigenvalue weighted by Gasteiger charge is 2.29. The molecule has 19 heavy (non-hydrogen) atoms. The molecule has 2 fully saturated rings. The van der Waals surface area contributed by atoms with Gasteiger partial charge in [-0.1, -0.05) is 17.7 Å². The Hall–Kier alpha value is -0.860. The summed E-state index contributed by atoms with van der Waals surface area (Å²) in [7, 11) is 0. The Morgan fingerprint density at radius 1 is 1.05 bits per heavy atom. The van der Waals surface area contributed by atoms with Crippen molar-refractivity contribution < 1.29 is 0 Å². The van der Waals surface area contributed by atoms with Crippen molar-refractivity contribution in [1.29, 1.82) is 0 Å². The summed E-state index contributed by atoms with van der Waals surface area (Å²) in [5.41, 5.74) is 5.83. The number of aryl methyl sites for hydroxylation is 3. The zero-order valence-corrected chi connectivity index (χ0v) is 12.5. The fraction of sp³-hybridized carbons (Fsp3) is 0.647. The molecule has 1 aliphatic carbocycles. The number of nitrogens with zero attached hydrogens (tertiary/aromatic N) is 1. The lowest BCUT2D eigenvalue weighted by atomic mass is 9.99.